The Morgan fingerprint density at radius 2 is 1.61 bits per heavy atom. The molecule has 0 fully saturated rings. The van der Waals surface area contributed by atoms with Crippen molar-refractivity contribution in [2.24, 2.45) is 0 Å². The minimum absolute atomic E-state index is 0.127. The maximum atomic E-state index is 12.3. The quantitative estimate of drug-likeness (QED) is 0.802. The number of hydrogen-bond acceptors (Lipinski definition) is 2. The van der Waals surface area contributed by atoms with Gasteiger partial charge in [-0.05, 0) is 18.2 Å². The molecule has 0 saturated heterocycles. The molecule has 0 saturated carbocycles. The molecule has 0 atom stereocenters. The van der Waals surface area contributed by atoms with Crippen molar-refractivity contribution in [2.45, 2.75) is 0 Å². The fourth-order valence-corrected chi connectivity index (χ4v) is 2.10. The Bertz CT molecular complexity index is 621. The second-order valence-electron chi connectivity index (χ2n) is 3.57. The first-order chi connectivity index (χ1) is 8.65. The van der Waals surface area contributed by atoms with Crippen molar-refractivity contribution in [3.63, 3.8) is 0 Å². The molecule has 0 aliphatic rings. The average molecular weight is 278 g/mol. The molecular formula is C14H7Cl2O2. The summed E-state index contributed by atoms with van der Waals surface area (Å²) in [6.07, 6.45) is 1.71. The number of carbonyl (C=O) groups is 1. The molecule has 0 amide bonds. The molecule has 0 aromatic heterocycles. The van der Waals surface area contributed by atoms with Crippen molar-refractivity contribution in [1.29, 1.82) is 0 Å². The zero-order valence-electron chi connectivity index (χ0n) is 9.11. The third-order valence-corrected chi connectivity index (χ3v) is 3.11. The van der Waals surface area contributed by atoms with Crippen LogP contribution in [0.15, 0.2) is 42.5 Å². The van der Waals surface area contributed by atoms with Crippen LogP contribution in [0.1, 0.15) is 21.5 Å². The van der Waals surface area contributed by atoms with Crippen LogP contribution in [-0.2, 0) is 4.79 Å². The maximum absolute atomic E-state index is 12.3. The molecule has 4 heteroatoms. The Balaban J connectivity index is 2.60. The molecule has 2 rings (SSSR count). The Kier molecular flexibility index (Phi) is 3.80. The monoisotopic (exact) mass is 277 g/mol. The highest BCUT2D eigenvalue weighted by Crippen LogP contribution is 2.25. The molecule has 2 nitrogen and oxygen atoms in total. The van der Waals surface area contributed by atoms with E-state index in [2.05, 4.69) is 0 Å². The Labute approximate surface area is 114 Å². The van der Waals surface area contributed by atoms with E-state index in [1.54, 1.807) is 42.7 Å². The van der Waals surface area contributed by atoms with Gasteiger partial charge in [0.2, 0.25) is 6.29 Å². The van der Waals surface area contributed by atoms with E-state index in [0.717, 1.165) is 0 Å². The van der Waals surface area contributed by atoms with E-state index in [9.17, 15) is 9.59 Å². The Morgan fingerprint density at radius 3 is 2.28 bits per heavy atom. The van der Waals surface area contributed by atoms with Crippen LogP contribution in [0.5, 0.6) is 0 Å². The van der Waals surface area contributed by atoms with Gasteiger partial charge in [-0.2, -0.15) is 0 Å². The molecule has 89 valence electrons. The van der Waals surface area contributed by atoms with Crippen molar-refractivity contribution in [3.05, 3.63) is 69.2 Å². The van der Waals surface area contributed by atoms with Crippen LogP contribution in [0.3, 0.4) is 0 Å². The minimum atomic E-state index is -0.385. The van der Waals surface area contributed by atoms with Crippen molar-refractivity contribution >= 4 is 35.3 Å². The van der Waals surface area contributed by atoms with Crippen LogP contribution in [-0.4, -0.2) is 12.1 Å². The Morgan fingerprint density at radius 1 is 0.944 bits per heavy atom. The van der Waals surface area contributed by atoms with Gasteiger partial charge in [0.05, 0.1) is 15.6 Å². The van der Waals surface area contributed by atoms with Crippen LogP contribution in [0.2, 0.25) is 10.0 Å². The summed E-state index contributed by atoms with van der Waals surface area (Å²) in [4.78, 5) is 23.2. The van der Waals surface area contributed by atoms with E-state index >= 15 is 0 Å². The lowest BCUT2D eigenvalue weighted by atomic mass is 9.99. The first kappa shape index (κ1) is 12.8. The molecule has 18 heavy (non-hydrogen) atoms. The highest BCUT2D eigenvalue weighted by Gasteiger charge is 2.19. The van der Waals surface area contributed by atoms with Crippen LogP contribution < -0.4 is 0 Å². The predicted molar refractivity (Wildman–Crippen MR) is 71.1 cm³/mol. The van der Waals surface area contributed by atoms with Crippen molar-refractivity contribution in [3.8, 4) is 0 Å². The predicted octanol–water partition coefficient (Wildman–Crippen LogP) is 3.68. The van der Waals surface area contributed by atoms with E-state index in [-0.39, 0.29) is 21.9 Å². The number of halogens is 2. The summed E-state index contributed by atoms with van der Waals surface area (Å²) in [5, 5.41) is 0.528. The maximum Gasteiger partial charge on any atom is 0.234 e. The van der Waals surface area contributed by atoms with E-state index in [4.69, 9.17) is 23.2 Å². The molecule has 0 aliphatic heterocycles. The lowest BCUT2D eigenvalue weighted by Gasteiger charge is -2.07. The van der Waals surface area contributed by atoms with Crippen molar-refractivity contribution in [2.75, 3.05) is 0 Å². The number of hydrogen-bond donors (Lipinski definition) is 0. The van der Waals surface area contributed by atoms with Gasteiger partial charge < -0.3 is 0 Å². The van der Waals surface area contributed by atoms with Gasteiger partial charge in [-0.25, -0.2) is 0 Å². The smallest absolute Gasteiger partial charge is 0.234 e. The molecule has 0 heterocycles. The van der Waals surface area contributed by atoms with Gasteiger partial charge in [-0.15, -0.1) is 0 Å². The molecule has 0 unspecified atom stereocenters. The highest BCUT2D eigenvalue weighted by atomic mass is 35.5. The van der Waals surface area contributed by atoms with Gasteiger partial charge in [0.25, 0.3) is 0 Å². The van der Waals surface area contributed by atoms with Gasteiger partial charge in [-0.1, -0.05) is 47.5 Å². The topological polar surface area (TPSA) is 34.1 Å². The number of rotatable bonds is 3. The number of benzene rings is 2. The molecule has 1 radical (unpaired) electrons. The third-order valence-electron chi connectivity index (χ3n) is 2.47. The summed E-state index contributed by atoms with van der Waals surface area (Å²) in [7, 11) is 0. The lowest BCUT2D eigenvalue weighted by molar-refractivity contribution is 0.103. The number of carbonyl (C=O) groups excluding carboxylic acids is 2. The zero-order chi connectivity index (χ0) is 13.1. The fraction of sp³-hybridized carbons (Fsp3) is 0. The van der Waals surface area contributed by atoms with E-state index in [0.29, 0.717) is 10.6 Å². The van der Waals surface area contributed by atoms with Gasteiger partial charge in [-0.3, -0.25) is 9.59 Å². The molecular weight excluding hydrogens is 271 g/mol. The fourth-order valence-electron chi connectivity index (χ4n) is 1.62. The standard InChI is InChI=1S/C14H7Cl2O2/c15-11-6-2-1-5-10(11)14(18)13-9(8-17)4-3-7-12(13)16/h1-7H. The van der Waals surface area contributed by atoms with E-state index in [1.165, 1.54) is 6.07 Å². The van der Waals surface area contributed by atoms with Crippen LogP contribution >= 0.6 is 23.2 Å². The van der Waals surface area contributed by atoms with E-state index < -0.39 is 0 Å². The minimum Gasteiger partial charge on any atom is -0.288 e. The van der Waals surface area contributed by atoms with Crippen molar-refractivity contribution < 1.29 is 9.59 Å². The molecule has 0 N–H and O–H groups in total. The highest BCUT2D eigenvalue weighted by molar-refractivity contribution is 6.38. The van der Waals surface area contributed by atoms with Crippen molar-refractivity contribution in [1.82, 2.24) is 0 Å². The summed E-state index contributed by atoms with van der Waals surface area (Å²) in [6, 6.07) is 11.2. The summed E-state index contributed by atoms with van der Waals surface area (Å²) in [5.41, 5.74) is 0.568. The summed E-state index contributed by atoms with van der Waals surface area (Å²) < 4.78 is 0. The normalized spacial score (nSPS) is 10.1. The zero-order valence-corrected chi connectivity index (χ0v) is 10.6. The second-order valence-corrected chi connectivity index (χ2v) is 4.39. The van der Waals surface area contributed by atoms with Gasteiger partial charge in [0, 0.05) is 11.1 Å². The second kappa shape index (κ2) is 5.34. The largest absolute Gasteiger partial charge is 0.288 e. The van der Waals surface area contributed by atoms with Gasteiger partial charge in [0.15, 0.2) is 5.78 Å². The third kappa shape index (κ3) is 2.30. The SMILES string of the molecule is O=[C]c1cccc(Cl)c1C(=O)c1ccccc1Cl. The summed E-state index contributed by atoms with van der Waals surface area (Å²) in [5.74, 6) is -0.385. The van der Waals surface area contributed by atoms with E-state index in [1.807, 2.05) is 0 Å². The van der Waals surface area contributed by atoms with Crippen LogP contribution in [0, 0.1) is 0 Å². The first-order valence-electron chi connectivity index (χ1n) is 5.11. The molecule has 0 spiro atoms. The van der Waals surface area contributed by atoms with Gasteiger partial charge >= 0.3 is 0 Å². The Hall–Kier alpha value is -1.64. The lowest BCUT2D eigenvalue weighted by Crippen LogP contribution is -2.06. The average Bonchev–Trinajstić information content (AvgIpc) is 2.38. The van der Waals surface area contributed by atoms with Crippen LogP contribution in [0.25, 0.3) is 0 Å². The first-order valence-corrected chi connectivity index (χ1v) is 5.86. The molecule has 0 bridgehead atoms. The van der Waals surface area contributed by atoms with Gasteiger partial charge in [0.1, 0.15) is 0 Å². The molecule has 2 aromatic rings. The summed E-state index contributed by atoms with van der Waals surface area (Å²) >= 11 is 11.9. The number of ketones is 1. The molecule has 0 aliphatic carbocycles. The van der Waals surface area contributed by atoms with Crippen LogP contribution in [0.4, 0.5) is 0 Å². The molecule has 2 aromatic carbocycles. The summed E-state index contributed by atoms with van der Waals surface area (Å²) in [6.45, 7) is 0.